The molecule has 0 aromatic rings. The second kappa shape index (κ2) is 3.38. The summed E-state index contributed by atoms with van der Waals surface area (Å²) in [6.45, 7) is 2.17. The average Bonchev–Trinajstić information content (AvgIpc) is 1.97. The molecular formula is C8H14N3+. The van der Waals surface area contributed by atoms with Crippen molar-refractivity contribution in [3.63, 3.8) is 0 Å². The third kappa shape index (κ3) is 1.70. The van der Waals surface area contributed by atoms with E-state index in [9.17, 15) is 0 Å². The van der Waals surface area contributed by atoms with E-state index in [1.165, 1.54) is 6.42 Å². The van der Waals surface area contributed by atoms with E-state index in [0.29, 0.717) is 6.42 Å². The molecule has 0 aromatic carbocycles. The summed E-state index contributed by atoms with van der Waals surface area (Å²) in [5, 5.41) is 8.53. The van der Waals surface area contributed by atoms with E-state index in [1.54, 1.807) is 0 Å². The van der Waals surface area contributed by atoms with Crippen LogP contribution < -0.4 is 0 Å². The third-order valence-electron chi connectivity index (χ3n) is 2.11. The van der Waals surface area contributed by atoms with E-state index in [1.807, 2.05) is 14.1 Å². The van der Waals surface area contributed by atoms with Crippen molar-refractivity contribution in [3.05, 3.63) is 0 Å². The van der Waals surface area contributed by atoms with Crippen molar-refractivity contribution in [2.24, 2.45) is 0 Å². The molecule has 0 saturated carbocycles. The normalized spacial score (nSPS) is 18.5. The van der Waals surface area contributed by atoms with E-state index in [0.717, 1.165) is 18.9 Å². The highest BCUT2D eigenvalue weighted by Crippen LogP contribution is 2.01. The quantitative estimate of drug-likeness (QED) is 0.505. The number of nitriles is 1. The first-order valence-corrected chi connectivity index (χ1v) is 3.90. The maximum absolute atomic E-state index is 8.53. The summed E-state index contributed by atoms with van der Waals surface area (Å²) in [6.07, 6.45) is 1.73. The molecule has 0 saturated heterocycles. The van der Waals surface area contributed by atoms with Crippen molar-refractivity contribution >= 4 is 5.84 Å². The highest BCUT2D eigenvalue weighted by molar-refractivity contribution is 5.79. The van der Waals surface area contributed by atoms with Crippen LogP contribution in [-0.4, -0.2) is 42.5 Å². The summed E-state index contributed by atoms with van der Waals surface area (Å²) in [7, 11) is 4.09. The molecule has 0 fully saturated rings. The van der Waals surface area contributed by atoms with Gasteiger partial charge in [0.1, 0.15) is 6.42 Å². The lowest BCUT2D eigenvalue weighted by atomic mass is 10.2. The zero-order chi connectivity index (χ0) is 8.27. The predicted molar refractivity (Wildman–Crippen MR) is 43.5 cm³/mol. The number of rotatable bonds is 1. The fourth-order valence-electron chi connectivity index (χ4n) is 1.44. The van der Waals surface area contributed by atoms with Gasteiger partial charge in [0.15, 0.2) is 0 Å². The van der Waals surface area contributed by atoms with Crippen LogP contribution in [0.3, 0.4) is 0 Å². The molecule has 0 atom stereocenters. The first-order valence-electron chi connectivity index (χ1n) is 3.90. The lowest BCUT2D eigenvalue weighted by molar-refractivity contribution is -0.509. The fourth-order valence-corrected chi connectivity index (χ4v) is 1.44. The van der Waals surface area contributed by atoms with Crippen LogP contribution in [0.15, 0.2) is 0 Å². The SMILES string of the molecule is CN1CCC[N+](C)=C1CC#N. The Kier molecular flexibility index (Phi) is 2.48. The van der Waals surface area contributed by atoms with E-state index in [4.69, 9.17) is 5.26 Å². The maximum Gasteiger partial charge on any atom is 0.260 e. The Balaban J connectivity index is 2.75. The first kappa shape index (κ1) is 8.06. The van der Waals surface area contributed by atoms with Crippen molar-refractivity contribution in [2.45, 2.75) is 12.8 Å². The Labute approximate surface area is 67.5 Å². The van der Waals surface area contributed by atoms with Crippen molar-refractivity contribution in [1.82, 2.24) is 4.90 Å². The van der Waals surface area contributed by atoms with Gasteiger partial charge in [0, 0.05) is 6.42 Å². The Bertz CT molecular complexity index is 212. The van der Waals surface area contributed by atoms with Gasteiger partial charge in [-0.05, 0) is 0 Å². The summed E-state index contributed by atoms with van der Waals surface area (Å²) in [6, 6.07) is 2.18. The summed E-state index contributed by atoms with van der Waals surface area (Å²) >= 11 is 0. The average molecular weight is 152 g/mol. The van der Waals surface area contributed by atoms with Crippen LogP contribution in [0.25, 0.3) is 0 Å². The lowest BCUT2D eigenvalue weighted by Gasteiger charge is -2.20. The molecule has 1 aliphatic rings. The molecule has 60 valence electrons. The molecule has 1 aliphatic heterocycles. The van der Waals surface area contributed by atoms with Crippen LogP contribution >= 0.6 is 0 Å². The van der Waals surface area contributed by atoms with Gasteiger partial charge in [-0.2, -0.15) is 5.26 Å². The van der Waals surface area contributed by atoms with Crippen LogP contribution in [-0.2, 0) is 0 Å². The van der Waals surface area contributed by atoms with Crippen LogP contribution in [0.1, 0.15) is 12.8 Å². The van der Waals surface area contributed by atoms with Crippen LogP contribution in [0, 0.1) is 11.3 Å². The molecule has 0 amide bonds. The Morgan fingerprint density at radius 2 is 2.45 bits per heavy atom. The highest BCUT2D eigenvalue weighted by Gasteiger charge is 2.20. The first-order chi connectivity index (χ1) is 5.25. The van der Waals surface area contributed by atoms with Gasteiger partial charge in [0.05, 0.1) is 33.3 Å². The summed E-state index contributed by atoms with van der Waals surface area (Å²) in [5.41, 5.74) is 0. The maximum atomic E-state index is 8.53. The zero-order valence-electron chi connectivity index (χ0n) is 7.17. The molecule has 0 unspecified atom stereocenters. The zero-order valence-corrected chi connectivity index (χ0v) is 7.17. The van der Waals surface area contributed by atoms with Crippen molar-refractivity contribution in [2.75, 3.05) is 27.2 Å². The third-order valence-corrected chi connectivity index (χ3v) is 2.11. The van der Waals surface area contributed by atoms with E-state index in [-0.39, 0.29) is 0 Å². The molecule has 1 heterocycles. The van der Waals surface area contributed by atoms with E-state index < -0.39 is 0 Å². The topological polar surface area (TPSA) is 30.0 Å². The van der Waals surface area contributed by atoms with Gasteiger partial charge in [-0.3, -0.25) is 9.48 Å². The van der Waals surface area contributed by atoms with Gasteiger partial charge in [-0.1, -0.05) is 0 Å². The second-order valence-electron chi connectivity index (χ2n) is 2.95. The van der Waals surface area contributed by atoms with E-state index >= 15 is 0 Å². The monoisotopic (exact) mass is 152 g/mol. The molecule has 0 N–H and O–H groups in total. The number of hydrogen-bond acceptors (Lipinski definition) is 2. The smallest absolute Gasteiger partial charge is 0.260 e. The molecule has 3 heteroatoms. The minimum Gasteiger partial charge on any atom is -0.267 e. The Hall–Kier alpha value is -1.04. The van der Waals surface area contributed by atoms with Gasteiger partial charge in [0.25, 0.3) is 5.84 Å². The van der Waals surface area contributed by atoms with Gasteiger partial charge >= 0.3 is 0 Å². The number of amidine groups is 1. The standard InChI is InChI=1S/C8H14N3/c1-10-6-3-7-11(2)8(10)4-5-9/h3-4,6-7H2,1-2H3/q+1. The van der Waals surface area contributed by atoms with Gasteiger partial charge in [-0.15, -0.1) is 0 Å². The van der Waals surface area contributed by atoms with Crippen LogP contribution in [0.5, 0.6) is 0 Å². The summed E-state index contributed by atoms with van der Waals surface area (Å²) in [4.78, 5) is 2.16. The molecule has 0 spiro atoms. The minimum atomic E-state index is 0.535. The van der Waals surface area contributed by atoms with Crippen molar-refractivity contribution in [1.29, 1.82) is 5.26 Å². The van der Waals surface area contributed by atoms with E-state index in [2.05, 4.69) is 15.5 Å². The largest absolute Gasteiger partial charge is 0.267 e. The molecule has 11 heavy (non-hydrogen) atoms. The fraction of sp³-hybridized carbons (Fsp3) is 0.750. The second-order valence-corrected chi connectivity index (χ2v) is 2.95. The van der Waals surface area contributed by atoms with Crippen LogP contribution in [0.2, 0.25) is 0 Å². The summed E-state index contributed by atoms with van der Waals surface area (Å²) in [5.74, 6) is 1.15. The highest BCUT2D eigenvalue weighted by atomic mass is 15.2. The van der Waals surface area contributed by atoms with Crippen molar-refractivity contribution in [3.8, 4) is 6.07 Å². The molecule has 3 nitrogen and oxygen atoms in total. The predicted octanol–water partition coefficient (Wildman–Crippen LogP) is 0.276. The molecule has 0 aliphatic carbocycles. The molecule has 1 rings (SSSR count). The van der Waals surface area contributed by atoms with Gasteiger partial charge < -0.3 is 0 Å². The Morgan fingerprint density at radius 1 is 1.73 bits per heavy atom. The minimum absolute atomic E-state index is 0.535. The molecule has 0 bridgehead atoms. The molecular weight excluding hydrogens is 138 g/mol. The molecule has 0 aromatic heterocycles. The number of nitrogens with zero attached hydrogens (tertiary/aromatic N) is 3. The van der Waals surface area contributed by atoms with Crippen molar-refractivity contribution < 1.29 is 4.58 Å². The van der Waals surface area contributed by atoms with Gasteiger partial charge in [-0.25, -0.2) is 0 Å². The Morgan fingerprint density at radius 3 is 3.00 bits per heavy atom. The van der Waals surface area contributed by atoms with Gasteiger partial charge in [0.2, 0.25) is 0 Å². The molecule has 0 radical (unpaired) electrons. The summed E-state index contributed by atoms with van der Waals surface area (Å²) < 4.78 is 2.16. The number of hydrogen-bond donors (Lipinski definition) is 0. The lowest BCUT2D eigenvalue weighted by Crippen LogP contribution is -2.40. The van der Waals surface area contributed by atoms with Crippen LogP contribution in [0.4, 0.5) is 0 Å².